The summed E-state index contributed by atoms with van der Waals surface area (Å²) in [6, 6.07) is 6.43. The van der Waals surface area contributed by atoms with E-state index < -0.39 is 0 Å². The number of benzene rings is 1. The van der Waals surface area contributed by atoms with Gasteiger partial charge in [0.25, 0.3) is 0 Å². The molecule has 16 heavy (non-hydrogen) atoms. The fraction of sp³-hybridized carbons (Fsp3) is 0.538. The molecule has 0 aromatic heterocycles. The van der Waals surface area contributed by atoms with Gasteiger partial charge in [0.15, 0.2) is 0 Å². The van der Waals surface area contributed by atoms with Gasteiger partial charge >= 0.3 is 0 Å². The first-order valence-corrected chi connectivity index (χ1v) is 6.04. The monoisotopic (exact) mass is 220 g/mol. The molecule has 0 fully saturated rings. The number of para-hydroxylation sites is 1. The Morgan fingerprint density at radius 3 is 3.19 bits per heavy atom. The highest BCUT2D eigenvalue weighted by Crippen LogP contribution is 2.26. The topological polar surface area (TPSA) is 44.3 Å². The molecule has 1 aromatic carbocycles. The molecule has 1 heterocycles. The lowest BCUT2D eigenvalue weighted by atomic mass is 10.1. The number of aliphatic hydroxyl groups is 1. The number of hydrogen-bond acceptors (Lipinski definition) is 3. The summed E-state index contributed by atoms with van der Waals surface area (Å²) in [5.74, 6) is 0. The molecule has 3 nitrogen and oxygen atoms in total. The molecule has 1 aromatic rings. The van der Waals surface area contributed by atoms with Gasteiger partial charge in [0.05, 0.1) is 6.10 Å². The number of rotatable bonds is 5. The van der Waals surface area contributed by atoms with Gasteiger partial charge < -0.3 is 15.7 Å². The molecule has 1 aliphatic rings. The van der Waals surface area contributed by atoms with E-state index in [4.69, 9.17) is 0 Å². The predicted octanol–water partition coefficient (Wildman–Crippen LogP) is 1.52. The first kappa shape index (κ1) is 11.4. The van der Waals surface area contributed by atoms with Crippen LogP contribution >= 0.6 is 0 Å². The van der Waals surface area contributed by atoms with Crippen LogP contribution in [0.25, 0.3) is 0 Å². The van der Waals surface area contributed by atoms with Gasteiger partial charge in [-0.25, -0.2) is 0 Å². The third-order valence-electron chi connectivity index (χ3n) is 3.10. The highest BCUT2D eigenvalue weighted by Gasteiger charge is 2.13. The normalized spacial score (nSPS) is 15.6. The van der Waals surface area contributed by atoms with Gasteiger partial charge in [0, 0.05) is 25.3 Å². The maximum Gasteiger partial charge on any atom is 0.0662 e. The Hall–Kier alpha value is -1.06. The fourth-order valence-electron chi connectivity index (χ4n) is 2.08. The Labute approximate surface area is 96.9 Å². The molecule has 1 aliphatic heterocycles. The van der Waals surface area contributed by atoms with Crippen molar-refractivity contribution in [2.24, 2.45) is 0 Å². The quantitative estimate of drug-likeness (QED) is 0.705. The van der Waals surface area contributed by atoms with Crippen molar-refractivity contribution in [3.63, 3.8) is 0 Å². The van der Waals surface area contributed by atoms with Crippen LogP contribution in [0.15, 0.2) is 18.2 Å². The SMILES string of the molecule is CCC(O)CNCc1cccc2c1NCC2. The van der Waals surface area contributed by atoms with Crippen LogP contribution in [0.1, 0.15) is 24.5 Å². The van der Waals surface area contributed by atoms with Gasteiger partial charge in [-0.2, -0.15) is 0 Å². The lowest BCUT2D eigenvalue weighted by Gasteiger charge is -2.12. The second kappa shape index (κ2) is 5.32. The molecule has 0 radical (unpaired) electrons. The van der Waals surface area contributed by atoms with Crippen molar-refractivity contribution in [1.29, 1.82) is 0 Å². The zero-order chi connectivity index (χ0) is 11.4. The minimum atomic E-state index is -0.232. The molecule has 0 saturated carbocycles. The molecule has 0 spiro atoms. The van der Waals surface area contributed by atoms with E-state index in [1.807, 2.05) is 6.92 Å². The molecule has 0 saturated heterocycles. The highest BCUT2D eigenvalue weighted by molar-refractivity contribution is 5.61. The van der Waals surface area contributed by atoms with E-state index in [1.165, 1.54) is 16.8 Å². The zero-order valence-electron chi connectivity index (χ0n) is 9.79. The van der Waals surface area contributed by atoms with E-state index in [0.29, 0.717) is 6.54 Å². The predicted molar refractivity (Wildman–Crippen MR) is 66.6 cm³/mol. The summed E-state index contributed by atoms with van der Waals surface area (Å²) >= 11 is 0. The van der Waals surface area contributed by atoms with E-state index in [1.54, 1.807) is 0 Å². The maximum atomic E-state index is 9.45. The molecule has 2 rings (SSSR count). The smallest absolute Gasteiger partial charge is 0.0662 e. The first-order valence-electron chi connectivity index (χ1n) is 6.04. The maximum absolute atomic E-state index is 9.45. The molecule has 0 bridgehead atoms. The lowest BCUT2D eigenvalue weighted by Crippen LogP contribution is -2.25. The number of anilines is 1. The van der Waals surface area contributed by atoms with Gasteiger partial charge in [0.1, 0.15) is 0 Å². The van der Waals surface area contributed by atoms with E-state index >= 15 is 0 Å². The Bertz CT molecular complexity index is 352. The Morgan fingerprint density at radius 1 is 1.50 bits per heavy atom. The molecular formula is C13H20N2O. The number of fused-ring (bicyclic) bond motifs is 1. The van der Waals surface area contributed by atoms with E-state index in [9.17, 15) is 5.11 Å². The van der Waals surface area contributed by atoms with Gasteiger partial charge in [-0.3, -0.25) is 0 Å². The van der Waals surface area contributed by atoms with Crippen LogP contribution in [0.5, 0.6) is 0 Å². The van der Waals surface area contributed by atoms with E-state index in [0.717, 1.165) is 25.9 Å². The minimum Gasteiger partial charge on any atom is -0.392 e. The second-order valence-electron chi connectivity index (χ2n) is 4.32. The van der Waals surface area contributed by atoms with Crippen LogP contribution in [0.2, 0.25) is 0 Å². The summed E-state index contributed by atoms with van der Waals surface area (Å²) in [6.45, 7) is 4.53. The van der Waals surface area contributed by atoms with E-state index in [-0.39, 0.29) is 6.10 Å². The van der Waals surface area contributed by atoms with Crippen molar-refractivity contribution >= 4 is 5.69 Å². The molecule has 88 valence electrons. The highest BCUT2D eigenvalue weighted by atomic mass is 16.3. The number of hydrogen-bond donors (Lipinski definition) is 3. The van der Waals surface area contributed by atoms with Gasteiger partial charge in [-0.15, -0.1) is 0 Å². The van der Waals surface area contributed by atoms with Crippen molar-refractivity contribution in [3.8, 4) is 0 Å². The average Bonchev–Trinajstić information content (AvgIpc) is 2.77. The largest absolute Gasteiger partial charge is 0.392 e. The first-order chi connectivity index (χ1) is 7.81. The fourth-order valence-corrected chi connectivity index (χ4v) is 2.08. The standard InChI is InChI=1S/C13H20N2O/c1-2-12(16)9-14-8-11-5-3-4-10-6-7-15-13(10)11/h3-5,12,14-16H,2,6-9H2,1H3. The molecular weight excluding hydrogens is 200 g/mol. The molecule has 0 aliphatic carbocycles. The summed E-state index contributed by atoms with van der Waals surface area (Å²) in [4.78, 5) is 0. The molecule has 0 amide bonds. The summed E-state index contributed by atoms with van der Waals surface area (Å²) in [5.41, 5.74) is 4.01. The average molecular weight is 220 g/mol. The molecule has 1 unspecified atom stereocenters. The summed E-state index contributed by atoms with van der Waals surface area (Å²) in [6.07, 6.45) is 1.70. The van der Waals surface area contributed by atoms with Gasteiger partial charge in [0.2, 0.25) is 0 Å². The van der Waals surface area contributed by atoms with Crippen LogP contribution in [0, 0.1) is 0 Å². The van der Waals surface area contributed by atoms with Gasteiger partial charge in [-0.05, 0) is 24.0 Å². The van der Waals surface area contributed by atoms with Crippen molar-refractivity contribution in [2.75, 3.05) is 18.4 Å². The number of nitrogens with one attached hydrogen (secondary N) is 2. The van der Waals surface area contributed by atoms with Crippen LogP contribution < -0.4 is 10.6 Å². The second-order valence-corrected chi connectivity index (χ2v) is 4.32. The van der Waals surface area contributed by atoms with E-state index in [2.05, 4.69) is 28.8 Å². The van der Waals surface area contributed by atoms with Crippen LogP contribution in [0.4, 0.5) is 5.69 Å². The zero-order valence-corrected chi connectivity index (χ0v) is 9.79. The van der Waals surface area contributed by atoms with Crippen molar-refractivity contribution < 1.29 is 5.11 Å². The summed E-state index contributed by atoms with van der Waals surface area (Å²) in [7, 11) is 0. The Morgan fingerprint density at radius 2 is 2.38 bits per heavy atom. The number of aliphatic hydroxyl groups excluding tert-OH is 1. The Kier molecular flexibility index (Phi) is 3.80. The van der Waals surface area contributed by atoms with Crippen molar-refractivity contribution in [1.82, 2.24) is 5.32 Å². The van der Waals surface area contributed by atoms with Crippen LogP contribution in [-0.2, 0) is 13.0 Å². The van der Waals surface area contributed by atoms with Gasteiger partial charge in [-0.1, -0.05) is 25.1 Å². The summed E-state index contributed by atoms with van der Waals surface area (Å²) < 4.78 is 0. The lowest BCUT2D eigenvalue weighted by molar-refractivity contribution is 0.167. The van der Waals surface area contributed by atoms with Crippen LogP contribution in [0.3, 0.4) is 0 Å². The molecule has 3 heteroatoms. The van der Waals surface area contributed by atoms with Crippen LogP contribution in [-0.4, -0.2) is 24.3 Å². The molecule has 3 N–H and O–H groups in total. The Balaban J connectivity index is 1.92. The summed E-state index contributed by atoms with van der Waals surface area (Å²) in [5, 5.41) is 16.2. The minimum absolute atomic E-state index is 0.232. The third-order valence-corrected chi connectivity index (χ3v) is 3.10. The molecule has 1 atom stereocenters. The third kappa shape index (κ3) is 2.54. The van der Waals surface area contributed by atoms with Crippen molar-refractivity contribution in [3.05, 3.63) is 29.3 Å². The van der Waals surface area contributed by atoms with Crippen molar-refractivity contribution in [2.45, 2.75) is 32.4 Å².